The summed E-state index contributed by atoms with van der Waals surface area (Å²) in [6, 6.07) is 11.2. The number of carbonyl (C=O) groups excluding carboxylic acids is 2. The average Bonchev–Trinajstić information content (AvgIpc) is 2.57. The molecule has 2 aromatic carbocycles. The fraction of sp³-hybridized carbons (Fsp3) is 0.222. The van der Waals surface area contributed by atoms with Crippen LogP contribution in [0.1, 0.15) is 22.8 Å². The van der Waals surface area contributed by atoms with E-state index in [0.717, 1.165) is 13.4 Å². The summed E-state index contributed by atoms with van der Waals surface area (Å²) in [5.74, 6) is -0.574. The lowest BCUT2D eigenvalue weighted by Crippen LogP contribution is -2.35. The molecule has 0 unspecified atom stereocenters. The Labute approximate surface area is 166 Å². The van der Waals surface area contributed by atoms with Crippen molar-refractivity contribution in [1.82, 2.24) is 4.31 Å². The van der Waals surface area contributed by atoms with Crippen LogP contribution in [-0.4, -0.2) is 38.0 Å². The van der Waals surface area contributed by atoms with Crippen LogP contribution >= 0.6 is 22.6 Å². The van der Waals surface area contributed by atoms with Gasteiger partial charge in [0.25, 0.3) is 0 Å². The Balaban J connectivity index is 2.10. The molecule has 0 fully saturated rings. The van der Waals surface area contributed by atoms with Gasteiger partial charge in [-0.3, -0.25) is 9.59 Å². The number of ketones is 1. The Morgan fingerprint density at radius 2 is 1.73 bits per heavy atom. The van der Waals surface area contributed by atoms with E-state index in [2.05, 4.69) is 27.9 Å². The highest BCUT2D eigenvalue weighted by molar-refractivity contribution is 14.1. The van der Waals surface area contributed by atoms with Crippen LogP contribution < -0.4 is 5.32 Å². The maximum absolute atomic E-state index is 12.6. The molecule has 0 spiro atoms. The van der Waals surface area contributed by atoms with Crippen molar-refractivity contribution in [3.63, 3.8) is 0 Å². The van der Waals surface area contributed by atoms with Gasteiger partial charge in [-0.25, -0.2) is 8.42 Å². The summed E-state index contributed by atoms with van der Waals surface area (Å²) in [6.07, 6.45) is 0. The van der Waals surface area contributed by atoms with Gasteiger partial charge in [0.2, 0.25) is 15.9 Å². The smallest absolute Gasteiger partial charge is 0.243 e. The zero-order chi connectivity index (χ0) is 19.5. The third kappa shape index (κ3) is 4.89. The first-order valence-corrected chi connectivity index (χ1v) is 10.3. The second kappa shape index (κ2) is 8.28. The fourth-order valence-corrected chi connectivity index (χ4v) is 4.06. The Bertz CT molecular complexity index is 940. The van der Waals surface area contributed by atoms with E-state index in [-0.39, 0.29) is 17.2 Å². The van der Waals surface area contributed by atoms with Gasteiger partial charge >= 0.3 is 0 Å². The standard InChI is InChI=1S/C18H19IN2O4S/c1-12-10-15(19)6-9-17(12)20-18(23)11-21(3)26(24,25)16-7-4-14(5-8-16)13(2)22/h4-10H,11H2,1-3H3,(H,20,23). The molecular formula is C18H19IN2O4S. The minimum Gasteiger partial charge on any atom is -0.325 e. The van der Waals surface area contributed by atoms with Gasteiger partial charge in [0.1, 0.15) is 0 Å². The number of anilines is 1. The van der Waals surface area contributed by atoms with Crippen molar-refractivity contribution in [2.45, 2.75) is 18.7 Å². The molecule has 1 amide bonds. The lowest BCUT2D eigenvalue weighted by Gasteiger charge is -2.17. The number of hydrogen-bond donors (Lipinski definition) is 1. The summed E-state index contributed by atoms with van der Waals surface area (Å²) in [5, 5.41) is 2.72. The van der Waals surface area contributed by atoms with Crippen LogP contribution in [0.5, 0.6) is 0 Å². The number of likely N-dealkylation sites (N-methyl/N-ethyl adjacent to an activating group) is 1. The number of nitrogens with zero attached hydrogens (tertiary/aromatic N) is 1. The molecule has 138 valence electrons. The maximum Gasteiger partial charge on any atom is 0.243 e. The third-order valence-electron chi connectivity index (χ3n) is 3.80. The first-order valence-electron chi connectivity index (χ1n) is 7.74. The number of carbonyl (C=O) groups is 2. The van der Waals surface area contributed by atoms with E-state index >= 15 is 0 Å². The molecule has 6 nitrogen and oxygen atoms in total. The second-order valence-electron chi connectivity index (χ2n) is 5.85. The van der Waals surface area contributed by atoms with Crippen LogP contribution in [0.4, 0.5) is 5.69 Å². The van der Waals surface area contributed by atoms with Crippen molar-refractivity contribution in [3.8, 4) is 0 Å². The predicted octanol–water partition coefficient (Wildman–Crippen LogP) is 3.06. The quantitative estimate of drug-likeness (QED) is 0.503. The van der Waals surface area contributed by atoms with Crippen molar-refractivity contribution >= 4 is 50.0 Å². The van der Waals surface area contributed by atoms with Crippen molar-refractivity contribution in [2.75, 3.05) is 18.9 Å². The van der Waals surface area contributed by atoms with E-state index in [0.29, 0.717) is 11.3 Å². The van der Waals surface area contributed by atoms with Crippen LogP contribution in [0.3, 0.4) is 0 Å². The van der Waals surface area contributed by atoms with Gasteiger partial charge in [0.15, 0.2) is 5.78 Å². The summed E-state index contributed by atoms with van der Waals surface area (Å²) in [4.78, 5) is 23.5. The highest BCUT2D eigenvalue weighted by Crippen LogP contribution is 2.19. The van der Waals surface area contributed by atoms with E-state index < -0.39 is 15.9 Å². The summed E-state index contributed by atoms with van der Waals surface area (Å²) in [7, 11) is -2.48. The van der Waals surface area contributed by atoms with Gasteiger partial charge in [-0.05, 0) is 72.3 Å². The molecule has 0 radical (unpaired) electrons. The molecule has 0 atom stereocenters. The predicted molar refractivity (Wildman–Crippen MR) is 109 cm³/mol. The summed E-state index contributed by atoms with van der Waals surface area (Å²) >= 11 is 2.18. The molecule has 26 heavy (non-hydrogen) atoms. The van der Waals surface area contributed by atoms with Gasteiger partial charge < -0.3 is 5.32 Å². The lowest BCUT2D eigenvalue weighted by atomic mass is 10.2. The number of benzene rings is 2. The normalized spacial score (nSPS) is 11.4. The molecule has 0 bridgehead atoms. The molecule has 0 aliphatic rings. The first kappa shape index (κ1) is 20.5. The van der Waals surface area contributed by atoms with E-state index in [4.69, 9.17) is 0 Å². The molecule has 0 saturated heterocycles. The monoisotopic (exact) mass is 486 g/mol. The fourth-order valence-electron chi connectivity index (χ4n) is 2.29. The van der Waals surface area contributed by atoms with E-state index in [1.165, 1.54) is 38.2 Å². The van der Waals surface area contributed by atoms with Gasteiger partial charge in [-0.1, -0.05) is 12.1 Å². The van der Waals surface area contributed by atoms with E-state index in [1.807, 2.05) is 19.1 Å². The molecule has 0 aliphatic carbocycles. The van der Waals surface area contributed by atoms with Crippen molar-refractivity contribution in [3.05, 3.63) is 57.2 Å². The first-order chi connectivity index (χ1) is 12.1. The minimum absolute atomic E-state index is 0.0308. The number of hydrogen-bond acceptors (Lipinski definition) is 4. The van der Waals surface area contributed by atoms with Crippen LogP contribution in [0.15, 0.2) is 47.4 Å². The summed E-state index contributed by atoms with van der Waals surface area (Å²) in [5.41, 5.74) is 1.97. The largest absolute Gasteiger partial charge is 0.325 e. The van der Waals surface area contributed by atoms with Gasteiger partial charge in [0, 0.05) is 21.9 Å². The van der Waals surface area contributed by atoms with Crippen molar-refractivity contribution < 1.29 is 18.0 Å². The number of sulfonamides is 1. The summed E-state index contributed by atoms with van der Waals surface area (Å²) in [6.45, 7) is 2.96. The van der Waals surface area contributed by atoms with Crippen LogP contribution in [0, 0.1) is 10.5 Å². The molecule has 1 N–H and O–H groups in total. The van der Waals surface area contributed by atoms with Crippen molar-refractivity contribution in [2.24, 2.45) is 0 Å². The number of nitrogens with one attached hydrogen (secondary N) is 1. The van der Waals surface area contributed by atoms with E-state index in [1.54, 1.807) is 6.07 Å². The maximum atomic E-state index is 12.6. The van der Waals surface area contributed by atoms with Crippen molar-refractivity contribution in [1.29, 1.82) is 0 Å². The molecule has 0 aliphatic heterocycles. The van der Waals surface area contributed by atoms with Crippen LogP contribution in [0.2, 0.25) is 0 Å². The second-order valence-corrected chi connectivity index (χ2v) is 9.14. The SMILES string of the molecule is CC(=O)c1ccc(S(=O)(=O)N(C)CC(=O)Nc2ccc(I)cc2C)cc1. The zero-order valence-electron chi connectivity index (χ0n) is 14.6. The molecule has 0 aromatic heterocycles. The highest BCUT2D eigenvalue weighted by atomic mass is 127. The summed E-state index contributed by atoms with van der Waals surface area (Å²) < 4.78 is 27.2. The number of Topliss-reactive ketones (excluding diaryl/α,β-unsaturated/α-hetero) is 1. The number of aryl methyl sites for hydroxylation is 1. The Kier molecular flexibility index (Phi) is 6.53. The molecule has 2 rings (SSSR count). The average molecular weight is 486 g/mol. The Morgan fingerprint density at radius 3 is 2.27 bits per heavy atom. The molecule has 0 heterocycles. The zero-order valence-corrected chi connectivity index (χ0v) is 17.6. The molecule has 2 aromatic rings. The van der Waals surface area contributed by atoms with Gasteiger partial charge in [-0.2, -0.15) is 4.31 Å². The van der Waals surface area contributed by atoms with Crippen LogP contribution in [0.25, 0.3) is 0 Å². The van der Waals surface area contributed by atoms with E-state index in [9.17, 15) is 18.0 Å². The molecule has 0 saturated carbocycles. The third-order valence-corrected chi connectivity index (χ3v) is 6.29. The van der Waals surface area contributed by atoms with Crippen LogP contribution in [-0.2, 0) is 14.8 Å². The molecular weight excluding hydrogens is 467 g/mol. The Morgan fingerprint density at radius 1 is 1.12 bits per heavy atom. The topological polar surface area (TPSA) is 83.6 Å². The lowest BCUT2D eigenvalue weighted by molar-refractivity contribution is -0.116. The highest BCUT2D eigenvalue weighted by Gasteiger charge is 2.23. The van der Waals surface area contributed by atoms with Gasteiger partial charge in [-0.15, -0.1) is 0 Å². The minimum atomic E-state index is -3.83. The number of rotatable bonds is 6. The Hall–Kier alpha value is -1.78. The number of halogens is 1. The van der Waals surface area contributed by atoms with Gasteiger partial charge in [0.05, 0.1) is 11.4 Å². The molecule has 8 heteroatoms. The number of amides is 1.